The second-order valence-electron chi connectivity index (χ2n) is 6.56. The molecule has 1 aliphatic rings. The monoisotopic (exact) mass is 474 g/mol. The van der Waals surface area contributed by atoms with E-state index in [1.165, 1.54) is 13.3 Å². The zero-order chi connectivity index (χ0) is 22.0. The summed E-state index contributed by atoms with van der Waals surface area (Å²) in [4.78, 5) is 45.6. The van der Waals surface area contributed by atoms with Crippen LogP contribution < -0.4 is 11.2 Å². The van der Waals surface area contributed by atoms with Gasteiger partial charge in [0, 0.05) is 25.9 Å². The first-order valence-corrected chi connectivity index (χ1v) is 11.9. The van der Waals surface area contributed by atoms with Crippen molar-refractivity contribution in [3.05, 3.63) is 33.1 Å². The van der Waals surface area contributed by atoms with E-state index in [0.29, 0.717) is 0 Å². The third-order valence-corrected chi connectivity index (χ3v) is 5.27. The van der Waals surface area contributed by atoms with E-state index in [1.807, 2.05) is 0 Å². The summed E-state index contributed by atoms with van der Waals surface area (Å²) in [5, 5.41) is 0. The average Bonchev–Trinajstić information content (AvgIpc) is 2.85. The summed E-state index contributed by atoms with van der Waals surface area (Å²) in [6, 6.07) is 1.09. The van der Waals surface area contributed by atoms with Gasteiger partial charge in [0.15, 0.2) is 12.3 Å². The van der Waals surface area contributed by atoms with Crippen molar-refractivity contribution >= 4 is 27.3 Å². The number of ether oxygens (including phenoxy) is 2. The maximum atomic E-state index is 12.3. The smallest absolute Gasteiger partial charge is 0.374 e. The molecule has 1 fully saturated rings. The van der Waals surface area contributed by atoms with Gasteiger partial charge in [-0.2, -0.15) is 0 Å². The summed E-state index contributed by atoms with van der Waals surface area (Å²) in [5.74, 6) is 0. The number of rotatable bonds is 9. The predicted octanol–water partition coefficient (Wildman–Crippen LogP) is -0.537. The molecular formula is C13H22N3O10P2S+. The van der Waals surface area contributed by atoms with Crippen LogP contribution in [0.2, 0.25) is 0 Å². The molecule has 16 heteroatoms. The van der Waals surface area contributed by atoms with Gasteiger partial charge in [-0.3, -0.25) is 18.9 Å². The fourth-order valence-electron chi connectivity index (χ4n) is 3.18. The number of likely N-dealkylation sites (N-methyl/N-ethyl adjacent to an activating group) is 1. The zero-order valence-electron chi connectivity index (χ0n) is 15.7. The van der Waals surface area contributed by atoms with Crippen LogP contribution >= 0.6 is 27.3 Å². The molecule has 1 unspecified atom stereocenters. The first kappa shape index (κ1) is 24.4. The third-order valence-electron chi connectivity index (χ3n) is 4.12. The first-order valence-electron chi connectivity index (χ1n) is 8.08. The summed E-state index contributed by atoms with van der Waals surface area (Å²) in [6.07, 6.45) is -2.29. The Morgan fingerprint density at radius 2 is 2.10 bits per heavy atom. The molecular weight excluding hydrogens is 452 g/mol. The highest BCUT2D eigenvalue weighted by molar-refractivity contribution is 8.39. The van der Waals surface area contributed by atoms with Crippen LogP contribution in [0.3, 0.4) is 0 Å². The summed E-state index contributed by atoms with van der Waals surface area (Å²) in [5.41, 5.74) is -3.05. The number of hydrogen-bond acceptors (Lipinski definition) is 9. The van der Waals surface area contributed by atoms with E-state index in [9.17, 15) is 18.7 Å². The van der Waals surface area contributed by atoms with E-state index in [1.54, 1.807) is 19.0 Å². The van der Waals surface area contributed by atoms with Crippen LogP contribution in [0, 0.1) is 0 Å². The van der Waals surface area contributed by atoms with Gasteiger partial charge >= 0.3 is 20.7 Å². The Kier molecular flexibility index (Phi) is 7.96. The van der Waals surface area contributed by atoms with Crippen LogP contribution in [-0.4, -0.2) is 76.4 Å². The summed E-state index contributed by atoms with van der Waals surface area (Å²) >= 11 is 3.75. The number of phosphoric acid groups is 1. The van der Waals surface area contributed by atoms with Crippen molar-refractivity contribution in [2.24, 2.45) is 0 Å². The summed E-state index contributed by atoms with van der Waals surface area (Å²) in [7, 11) is -2.80. The molecule has 0 amide bonds. The molecule has 2 rings (SSSR count). The van der Waals surface area contributed by atoms with Gasteiger partial charge in [-0.25, -0.2) is 9.36 Å². The standard InChI is InChI=1S/C13H21N3O10P2S/c1-15(2)6-13(7-24-28(20,21)22)10(26-27(19)29)9(23-3)11(25-13)16-5-4-8(17)14-12(16)18/h4-5,9-11H,6-7H2,1-3H3,(H3-,14,17,18,19,20,21,22,29)/p+1/t9-,10+,11-,13-/m1/s1. The molecule has 0 saturated carbocycles. The maximum absolute atomic E-state index is 12.3. The summed E-state index contributed by atoms with van der Waals surface area (Å²) in [6.45, 7) is -0.686. The molecule has 13 nitrogen and oxygen atoms in total. The van der Waals surface area contributed by atoms with Crippen molar-refractivity contribution in [3.63, 3.8) is 0 Å². The highest BCUT2D eigenvalue weighted by Gasteiger charge is 2.61. The molecule has 1 aliphatic heterocycles. The van der Waals surface area contributed by atoms with Crippen LogP contribution in [-0.2, 0) is 27.7 Å². The fourth-order valence-corrected chi connectivity index (χ4v) is 4.37. The van der Waals surface area contributed by atoms with Gasteiger partial charge in [0.2, 0.25) is 0 Å². The number of hydrogen-bond donors (Lipinski definition) is 4. The van der Waals surface area contributed by atoms with Gasteiger partial charge in [0.25, 0.3) is 5.56 Å². The van der Waals surface area contributed by atoms with Gasteiger partial charge < -0.3 is 24.2 Å². The number of H-pyrrole nitrogens is 1. The van der Waals surface area contributed by atoms with Crippen molar-refractivity contribution in [1.29, 1.82) is 0 Å². The molecule has 1 aromatic rings. The Morgan fingerprint density at radius 3 is 2.59 bits per heavy atom. The molecule has 5 atom stereocenters. The van der Waals surface area contributed by atoms with Crippen molar-refractivity contribution in [2.75, 3.05) is 34.4 Å². The summed E-state index contributed by atoms with van der Waals surface area (Å²) < 4.78 is 45.5. The van der Waals surface area contributed by atoms with Crippen LogP contribution in [0.1, 0.15) is 6.23 Å². The lowest BCUT2D eigenvalue weighted by atomic mass is 9.95. The Bertz CT molecular complexity index is 901. The maximum Gasteiger partial charge on any atom is 0.582 e. The first-order chi connectivity index (χ1) is 13.4. The minimum Gasteiger partial charge on any atom is -0.374 e. The number of thiol groups is 1. The number of phosphoric ester groups is 1. The van der Waals surface area contributed by atoms with Crippen LogP contribution in [0.15, 0.2) is 21.9 Å². The Hall–Kier alpha value is -0.920. The number of aromatic nitrogens is 2. The van der Waals surface area contributed by atoms with Crippen LogP contribution in [0.4, 0.5) is 0 Å². The van der Waals surface area contributed by atoms with Crippen molar-refractivity contribution in [1.82, 2.24) is 14.5 Å². The van der Waals surface area contributed by atoms with E-state index < -0.39 is 56.9 Å². The molecule has 1 aromatic heterocycles. The SMILES string of the molecule is CO[C@H]1[C@H](n2ccc(=O)[nH]c2=O)O[C@@](COP(=O)(O)O)(CN(C)C)[C@H]1O[P+](=O)S. The van der Waals surface area contributed by atoms with Gasteiger partial charge in [0.05, 0.1) is 6.61 Å². The molecule has 0 bridgehead atoms. The Morgan fingerprint density at radius 1 is 1.45 bits per heavy atom. The van der Waals surface area contributed by atoms with Crippen molar-refractivity contribution in [2.45, 2.75) is 24.0 Å². The molecule has 0 radical (unpaired) electrons. The number of aromatic amines is 1. The largest absolute Gasteiger partial charge is 0.582 e. The second kappa shape index (κ2) is 9.48. The van der Waals surface area contributed by atoms with Gasteiger partial charge in [0.1, 0.15) is 24.0 Å². The van der Waals surface area contributed by atoms with Crippen molar-refractivity contribution in [3.8, 4) is 0 Å². The molecule has 164 valence electrons. The van der Waals surface area contributed by atoms with Gasteiger partial charge in [-0.15, -0.1) is 4.52 Å². The fraction of sp³-hybridized carbons (Fsp3) is 0.692. The normalized spacial score (nSPS) is 28.1. The lowest BCUT2D eigenvalue weighted by Gasteiger charge is -2.34. The molecule has 1 saturated heterocycles. The van der Waals surface area contributed by atoms with E-state index in [0.717, 1.165) is 10.6 Å². The van der Waals surface area contributed by atoms with Crippen LogP contribution in [0.5, 0.6) is 0 Å². The van der Waals surface area contributed by atoms with Crippen molar-refractivity contribution < 1.29 is 37.4 Å². The quantitative estimate of drug-likeness (QED) is 0.268. The highest BCUT2D eigenvalue weighted by atomic mass is 32.7. The Labute approximate surface area is 171 Å². The van der Waals surface area contributed by atoms with E-state index >= 15 is 0 Å². The number of nitrogens with zero attached hydrogens (tertiary/aromatic N) is 2. The lowest BCUT2D eigenvalue weighted by molar-refractivity contribution is -0.131. The molecule has 0 aromatic carbocycles. The molecule has 0 aliphatic carbocycles. The molecule has 2 heterocycles. The number of methoxy groups -OCH3 is 1. The van der Waals surface area contributed by atoms with Gasteiger partial charge in [-0.05, 0) is 18.7 Å². The van der Waals surface area contributed by atoms with Crippen LogP contribution in [0.25, 0.3) is 0 Å². The molecule has 0 spiro atoms. The van der Waals surface area contributed by atoms with Gasteiger partial charge in [-0.1, -0.05) is 0 Å². The van der Waals surface area contributed by atoms with E-state index in [4.69, 9.17) is 23.8 Å². The lowest BCUT2D eigenvalue weighted by Crippen LogP contribution is -2.54. The topological polar surface area (TPSA) is 170 Å². The molecule has 3 N–H and O–H groups in total. The average molecular weight is 474 g/mol. The zero-order valence-corrected chi connectivity index (χ0v) is 18.4. The number of nitrogens with one attached hydrogen (secondary N) is 1. The minimum atomic E-state index is -4.90. The highest BCUT2D eigenvalue weighted by Crippen LogP contribution is 2.48. The Balaban J connectivity index is 2.58. The molecule has 29 heavy (non-hydrogen) atoms. The van der Waals surface area contributed by atoms with E-state index in [2.05, 4.69) is 21.8 Å². The third kappa shape index (κ3) is 6.05. The minimum absolute atomic E-state index is 0.0108. The second-order valence-corrected chi connectivity index (χ2v) is 9.46. The van der Waals surface area contributed by atoms with E-state index in [-0.39, 0.29) is 6.54 Å². The predicted molar refractivity (Wildman–Crippen MR) is 103 cm³/mol.